The van der Waals surface area contributed by atoms with Gasteiger partial charge in [-0.05, 0) is 62.3 Å². The zero-order valence-corrected chi connectivity index (χ0v) is 21.2. The van der Waals surface area contributed by atoms with E-state index in [4.69, 9.17) is 14.2 Å². The number of rotatable bonds is 2. The number of benzene rings is 1. The van der Waals surface area contributed by atoms with E-state index in [2.05, 4.69) is 5.10 Å². The molecule has 2 rings (SSSR count). The number of imide groups is 1. The summed E-state index contributed by atoms with van der Waals surface area (Å²) in [4.78, 5) is 39.3. The molecule has 1 heterocycles. The first-order chi connectivity index (χ1) is 15.6. The zero-order chi connectivity index (χ0) is 27.1. The number of amides is 2. The Kier molecular flexibility index (Phi) is 7.26. The van der Waals surface area contributed by atoms with Crippen LogP contribution in [0.5, 0.6) is 0 Å². The average molecular weight is 500 g/mol. The average Bonchev–Trinajstić information content (AvgIpc) is 2.95. The van der Waals surface area contributed by atoms with Crippen LogP contribution in [0.3, 0.4) is 0 Å². The molecular formula is C22H30BF3N3O6-. The summed E-state index contributed by atoms with van der Waals surface area (Å²) in [6, 6.07) is 2.50. The number of hydrogen-bond donors (Lipinski definition) is 0. The van der Waals surface area contributed by atoms with Crippen molar-refractivity contribution in [1.82, 2.24) is 9.78 Å². The van der Waals surface area contributed by atoms with Crippen LogP contribution in [0.4, 0.5) is 33.1 Å². The highest BCUT2D eigenvalue weighted by Crippen LogP contribution is 2.30. The number of aromatic nitrogens is 2. The summed E-state index contributed by atoms with van der Waals surface area (Å²) in [6.07, 6.45) is -3.48. The van der Waals surface area contributed by atoms with Gasteiger partial charge in [0.15, 0.2) is 5.82 Å². The van der Waals surface area contributed by atoms with Crippen molar-refractivity contribution in [3.05, 3.63) is 18.2 Å². The van der Waals surface area contributed by atoms with Crippen LogP contribution >= 0.6 is 0 Å². The number of carbonyl (C=O) groups excluding carboxylic acids is 3. The smallest absolute Gasteiger partial charge is 0.445 e. The number of fused-ring (bicyclic) bond motifs is 1. The summed E-state index contributed by atoms with van der Waals surface area (Å²) in [5.74, 6) is -0.449. The molecule has 9 nitrogen and oxygen atoms in total. The fourth-order valence-corrected chi connectivity index (χ4v) is 2.79. The summed E-state index contributed by atoms with van der Waals surface area (Å²) < 4.78 is 56.9. The molecule has 0 fully saturated rings. The molecule has 1 aromatic heterocycles. The molecule has 0 unspecified atom stereocenters. The number of ether oxygens (including phenoxy) is 3. The highest BCUT2D eigenvalue weighted by Gasteiger charge is 2.37. The highest BCUT2D eigenvalue weighted by atomic mass is 19.4. The number of nitrogens with zero attached hydrogens (tertiary/aromatic N) is 3. The van der Waals surface area contributed by atoms with E-state index in [1.165, 1.54) is 0 Å². The second kappa shape index (κ2) is 9.08. The van der Waals surface area contributed by atoms with E-state index in [1.807, 2.05) is 0 Å². The van der Waals surface area contributed by atoms with E-state index in [-0.39, 0.29) is 10.9 Å². The van der Waals surface area contributed by atoms with Crippen molar-refractivity contribution in [2.75, 3.05) is 4.90 Å². The van der Waals surface area contributed by atoms with Crippen LogP contribution < -0.4 is 10.4 Å². The molecule has 0 radical (unpaired) electrons. The van der Waals surface area contributed by atoms with Gasteiger partial charge in [0.25, 0.3) is 0 Å². The molecule has 1 aromatic carbocycles. The van der Waals surface area contributed by atoms with Crippen LogP contribution in [0.15, 0.2) is 18.2 Å². The molecule has 0 N–H and O–H groups in total. The fraction of sp³-hybridized carbons (Fsp3) is 0.545. The molecule has 0 saturated heterocycles. The van der Waals surface area contributed by atoms with Crippen molar-refractivity contribution in [2.24, 2.45) is 0 Å². The van der Waals surface area contributed by atoms with Crippen molar-refractivity contribution in [3.63, 3.8) is 0 Å². The van der Waals surface area contributed by atoms with Crippen LogP contribution in [-0.2, 0) is 14.2 Å². The predicted molar refractivity (Wildman–Crippen MR) is 125 cm³/mol. The largest absolute Gasteiger partial charge is 0.509 e. The summed E-state index contributed by atoms with van der Waals surface area (Å²) in [7, 11) is 0. The molecule has 0 spiro atoms. The van der Waals surface area contributed by atoms with Gasteiger partial charge in [0.05, 0.1) is 5.52 Å². The highest BCUT2D eigenvalue weighted by molar-refractivity contribution is 6.73. The van der Waals surface area contributed by atoms with Gasteiger partial charge in [-0.3, -0.25) is 0 Å². The summed E-state index contributed by atoms with van der Waals surface area (Å²) in [5.41, 5.74) is -4.39. The van der Waals surface area contributed by atoms with Gasteiger partial charge in [-0.1, -0.05) is 18.2 Å². The summed E-state index contributed by atoms with van der Waals surface area (Å²) >= 11 is 0. The van der Waals surface area contributed by atoms with Crippen LogP contribution in [0.25, 0.3) is 10.9 Å². The number of hydrogen-bond acceptors (Lipinski definition) is 7. The SMILES string of the molecule is CC(C)(C)OC(=O)N(C(=O)OC(C)(C)C)c1nn(C(=O)OC(C)(C)C)c2cc([B-](F)(F)F)ccc12. The Bertz CT molecular complexity index is 1110. The van der Waals surface area contributed by atoms with Gasteiger partial charge in [-0.15, -0.1) is 10.6 Å². The van der Waals surface area contributed by atoms with Gasteiger partial charge < -0.3 is 27.2 Å². The number of halogens is 3. The van der Waals surface area contributed by atoms with Gasteiger partial charge in [0.1, 0.15) is 16.8 Å². The van der Waals surface area contributed by atoms with Gasteiger partial charge >= 0.3 is 25.3 Å². The lowest BCUT2D eigenvalue weighted by molar-refractivity contribution is 0.0421. The second-order valence-corrected chi connectivity index (χ2v) is 10.9. The molecule has 0 bridgehead atoms. The Morgan fingerprint density at radius 1 is 0.829 bits per heavy atom. The molecular weight excluding hydrogens is 470 g/mol. The van der Waals surface area contributed by atoms with E-state index in [1.54, 1.807) is 62.3 Å². The third-order valence-corrected chi connectivity index (χ3v) is 3.99. The van der Waals surface area contributed by atoms with Crippen molar-refractivity contribution in [3.8, 4) is 0 Å². The van der Waals surface area contributed by atoms with Gasteiger partial charge in [-0.2, -0.15) is 9.58 Å². The quantitative estimate of drug-likeness (QED) is 0.394. The molecule has 0 aliphatic heterocycles. The lowest BCUT2D eigenvalue weighted by Gasteiger charge is -2.27. The van der Waals surface area contributed by atoms with Crippen molar-refractivity contribution < 1.29 is 41.5 Å². The molecule has 0 atom stereocenters. The monoisotopic (exact) mass is 500 g/mol. The van der Waals surface area contributed by atoms with E-state index in [9.17, 15) is 27.3 Å². The molecule has 2 amide bonds. The molecule has 0 aliphatic carbocycles. The third kappa shape index (κ3) is 7.37. The van der Waals surface area contributed by atoms with Crippen LogP contribution in [0.2, 0.25) is 0 Å². The van der Waals surface area contributed by atoms with E-state index in [0.717, 1.165) is 12.1 Å². The zero-order valence-electron chi connectivity index (χ0n) is 21.2. The van der Waals surface area contributed by atoms with Crippen LogP contribution in [0.1, 0.15) is 62.3 Å². The van der Waals surface area contributed by atoms with E-state index in [0.29, 0.717) is 15.6 Å². The molecule has 35 heavy (non-hydrogen) atoms. The second-order valence-electron chi connectivity index (χ2n) is 10.9. The van der Waals surface area contributed by atoms with E-state index < -0.39 is 53.3 Å². The normalized spacial score (nSPS) is 12.9. The van der Waals surface area contributed by atoms with Crippen molar-refractivity contribution in [2.45, 2.75) is 79.1 Å². The van der Waals surface area contributed by atoms with Gasteiger partial charge in [-0.25, -0.2) is 14.4 Å². The first kappa shape index (κ1) is 28.0. The molecule has 194 valence electrons. The standard InChI is InChI=1S/C22H30BF3N3O6/c1-20(2,3)33-17(30)28(18(31)34-21(4,5)6)16-14-11-10-13(23(24,25)26)12-15(14)29(27-16)19(32)35-22(7,8)9/h10-12H,1-9H3/q-1. The summed E-state index contributed by atoms with van der Waals surface area (Å²) in [5, 5.41) is 3.90. The fourth-order valence-electron chi connectivity index (χ4n) is 2.79. The Hall–Kier alpha value is -3.25. The van der Waals surface area contributed by atoms with Crippen LogP contribution in [-0.4, -0.2) is 51.8 Å². The number of anilines is 1. The Morgan fingerprint density at radius 2 is 1.29 bits per heavy atom. The maximum Gasteiger partial charge on any atom is 0.509 e. The molecule has 2 aromatic rings. The first-order valence-corrected chi connectivity index (χ1v) is 10.8. The molecule has 13 heteroatoms. The maximum absolute atomic E-state index is 13.5. The maximum atomic E-state index is 13.5. The van der Waals surface area contributed by atoms with Gasteiger partial charge in [0.2, 0.25) is 0 Å². The lowest BCUT2D eigenvalue weighted by Crippen LogP contribution is -2.44. The lowest BCUT2D eigenvalue weighted by atomic mass is 9.80. The topological polar surface area (TPSA) is 100.0 Å². The minimum Gasteiger partial charge on any atom is -0.445 e. The first-order valence-electron chi connectivity index (χ1n) is 10.8. The van der Waals surface area contributed by atoms with Crippen molar-refractivity contribution >= 4 is 47.4 Å². The minimum absolute atomic E-state index is 0.101. The number of carbonyl (C=O) groups is 3. The molecule has 0 saturated carbocycles. The Balaban J connectivity index is 2.81. The minimum atomic E-state index is -5.42. The van der Waals surface area contributed by atoms with Crippen LogP contribution in [0, 0.1) is 0 Å². The van der Waals surface area contributed by atoms with Crippen molar-refractivity contribution in [1.29, 1.82) is 0 Å². The Labute approximate surface area is 201 Å². The summed E-state index contributed by atoms with van der Waals surface area (Å²) in [6.45, 7) is 8.65. The third-order valence-electron chi connectivity index (χ3n) is 3.99. The van der Waals surface area contributed by atoms with E-state index >= 15 is 0 Å². The Morgan fingerprint density at radius 3 is 1.69 bits per heavy atom. The predicted octanol–water partition coefficient (Wildman–Crippen LogP) is 5.55. The van der Waals surface area contributed by atoms with Gasteiger partial charge in [0, 0.05) is 5.39 Å². The molecule has 0 aliphatic rings.